The van der Waals surface area contributed by atoms with Crippen LogP contribution in [0.15, 0.2) is 0 Å². The van der Waals surface area contributed by atoms with Crippen molar-refractivity contribution in [3.05, 3.63) is 0 Å². The molecule has 86 valence electrons. The van der Waals surface area contributed by atoms with E-state index in [1.165, 1.54) is 12.8 Å². The van der Waals surface area contributed by atoms with Crippen molar-refractivity contribution in [3.8, 4) is 0 Å². The Morgan fingerprint density at radius 2 is 1.50 bits per heavy atom. The van der Waals surface area contributed by atoms with E-state index in [0.717, 1.165) is 25.9 Å². The molecule has 0 unspecified atom stereocenters. The molecule has 3 nitrogen and oxygen atoms in total. The lowest BCUT2D eigenvalue weighted by Gasteiger charge is -2.44. The molecule has 0 aromatic rings. The highest BCUT2D eigenvalue weighted by molar-refractivity contribution is 5.85. The normalized spacial score (nSPS) is 33.9. The van der Waals surface area contributed by atoms with Crippen molar-refractivity contribution in [2.75, 3.05) is 13.1 Å². The number of nitrogens with two attached hydrogens (primary N) is 1. The second-order valence-electron chi connectivity index (χ2n) is 4.18. The number of nitrogens with zero attached hydrogens (tertiary/aromatic N) is 1. The van der Waals surface area contributed by atoms with Gasteiger partial charge >= 0.3 is 0 Å². The molecule has 0 aromatic heterocycles. The van der Waals surface area contributed by atoms with Crippen LogP contribution in [0.1, 0.15) is 25.7 Å². The molecule has 0 spiro atoms. The first-order valence-corrected chi connectivity index (χ1v) is 4.93. The molecule has 14 heavy (non-hydrogen) atoms. The number of halogens is 2. The van der Waals surface area contributed by atoms with Gasteiger partial charge in [0.15, 0.2) is 0 Å². The number of β-amino-alcohol motifs (C(OH)–C–C–N with tert-alkyl or cyclic N) is 1. The van der Waals surface area contributed by atoms with E-state index in [0.29, 0.717) is 12.1 Å². The monoisotopic (exact) mass is 242 g/mol. The van der Waals surface area contributed by atoms with E-state index in [4.69, 9.17) is 10.8 Å². The van der Waals surface area contributed by atoms with Gasteiger partial charge in [-0.2, -0.15) is 0 Å². The van der Waals surface area contributed by atoms with Crippen LogP contribution in [0, 0.1) is 0 Å². The maximum absolute atomic E-state index is 9.13. The molecule has 0 amide bonds. The predicted octanol–water partition coefficient (Wildman–Crippen LogP) is 0.776. The third kappa shape index (κ3) is 3.24. The molecule has 2 rings (SSSR count). The molecule has 1 saturated heterocycles. The Labute approximate surface area is 97.8 Å². The molecule has 0 radical (unpaired) electrons. The zero-order chi connectivity index (χ0) is 8.55. The average molecular weight is 243 g/mol. The topological polar surface area (TPSA) is 49.5 Å². The molecule has 0 bridgehead atoms. The molecule has 2 aliphatic rings. The van der Waals surface area contributed by atoms with Crippen molar-refractivity contribution in [1.82, 2.24) is 4.90 Å². The zero-order valence-electron chi connectivity index (χ0n) is 8.26. The average Bonchev–Trinajstić information content (AvgIpc) is 2.01. The van der Waals surface area contributed by atoms with Crippen molar-refractivity contribution < 1.29 is 5.11 Å². The highest BCUT2D eigenvalue weighted by Gasteiger charge is 2.32. The fraction of sp³-hybridized carbons (Fsp3) is 1.00. The highest BCUT2D eigenvalue weighted by Crippen LogP contribution is 2.25. The third-order valence-electron chi connectivity index (χ3n) is 3.15. The van der Waals surface area contributed by atoms with E-state index in [9.17, 15) is 0 Å². The second kappa shape index (κ2) is 6.13. The van der Waals surface area contributed by atoms with Crippen LogP contribution in [-0.2, 0) is 0 Å². The lowest BCUT2D eigenvalue weighted by Crippen LogP contribution is -2.56. The van der Waals surface area contributed by atoms with Crippen molar-refractivity contribution >= 4 is 24.8 Å². The quantitative estimate of drug-likeness (QED) is 0.715. The summed E-state index contributed by atoms with van der Waals surface area (Å²) in [5.41, 5.74) is 5.82. The Kier molecular flexibility index (Phi) is 6.33. The summed E-state index contributed by atoms with van der Waals surface area (Å²) in [5, 5.41) is 9.13. The Morgan fingerprint density at radius 3 is 1.93 bits per heavy atom. The van der Waals surface area contributed by atoms with Gasteiger partial charge < -0.3 is 10.8 Å². The molecule has 0 atom stereocenters. The van der Waals surface area contributed by atoms with E-state index in [-0.39, 0.29) is 30.9 Å². The molecule has 1 saturated carbocycles. The minimum absolute atomic E-state index is 0. The lowest BCUT2D eigenvalue weighted by molar-refractivity contribution is -0.0341. The molecule has 0 aromatic carbocycles. The largest absolute Gasteiger partial charge is 0.390 e. The minimum atomic E-state index is -0.0550. The molecule has 3 N–H and O–H groups in total. The lowest BCUT2D eigenvalue weighted by atomic mass is 9.89. The van der Waals surface area contributed by atoms with Crippen LogP contribution in [0.25, 0.3) is 0 Å². The number of rotatable bonds is 1. The Bertz CT molecular complexity index is 157. The first-order chi connectivity index (χ1) is 5.75. The summed E-state index contributed by atoms with van der Waals surface area (Å²) in [7, 11) is 0. The first kappa shape index (κ1) is 14.5. The summed E-state index contributed by atoms with van der Waals surface area (Å²) in [5.74, 6) is 0. The number of likely N-dealkylation sites (tertiary alicyclic amines) is 1. The van der Waals surface area contributed by atoms with E-state index >= 15 is 0 Å². The summed E-state index contributed by atoms with van der Waals surface area (Å²) in [6, 6.07) is 1.15. The fourth-order valence-electron chi connectivity index (χ4n) is 2.25. The smallest absolute Gasteiger partial charge is 0.0794 e. The van der Waals surface area contributed by atoms with Gasteiger partial charge in [-0.15, -0.1) is 24.8 Å². The SMILES string of the molecule is Cl.Cl.N[C@H]1CC[C@H](N2CC(O)C2)CC1. The van der Waals surface area contributed by atoms with Gasteiger partial charge in [-0.3, -0.25) is 4.90 Å². The summed E-state index contributed by atoms with van der Waals surface area (Å²) >= 11 is 0. The van der Waals surface area contributed by atoms with Gasteiger partial charge in [0.25, 0.3) is 0 Å². The highest BCUT2D eigenvalue weighted by atomic mass is 35.5. The van der Waals surface area contributed by atoms with Gasteiger partial charge in [-0.25, -0.2) is 0 Å². The van der Waals surface area contributed by atoms with Crippen LogP contribution in [0.2, 0.25) is 0 Å². The maximum atomic E-state index is 9.13. The van der Waals surface area contributed by atoms with Crippen molar-refractivity contribution in [2.24, 2.45) is 5.73 Å². The molecule has 1 heterocycles. The predicted molar refractivity (Wildman–Crippen MR) is 62.3 cm³/mol. The summed E-state index contributed by atoms with van der Waals surface area (Å²) in [4.78, 5) is 2.39. The van der Waals surface area contributed by atoms with Crippen LogP contribution in [0.4, 0.5) is 0 Å². The van der Waals surface area contributed by atoms with E-state index in [1.807, 2.05) is 0 Å². The maximum Gasteiger partial charge on any atom is 0.0794 e. The van der Waals surface area contributed by atoms with Gasteiger partial charge in [0, 0.05) is 25.2 Å². The fourth-order valence-corrected chi connectivity index (χ4v) is 2.25. The van der Waals surface area contributed by atoms with E-state index in [1.54, 1.807) is 0 Å². The zero-order valence-corrected chi connectivity index (χ0v) is 9.90. The van der Waals surface area contributed by atoms with Gasteiger partial charge in [0.2, 0.25) is 0 Å². The van der Waals surface area contributed by atoms with E-state index < -0.39 is 0 Å². The second-order valence-corrected chi connectivity index (χ2v) is 4.18. The van der Waals surface area contributed by atoms with Crippen LogP contribution >= 0.6 is 24.8 Å². The van der Waals surface area contributed by atoms with Gasteiger partial charge in [-0.1, -0.05) is 0 Å². The third-order valence-corrected chi connectivity index (χ3v) is 3.15. The Morgan fingerprint density at radius 1 is 1.00 bits per heavy atom. The van der Waals surface area contributed by atoms with Crippen LogP contribution < -0.4 is 5.73 Å². The van der Waals surface area contributed by atoms with Gasteiger partial charge in [-0.05, 0) is 25.7 Å². The molecular formula is C9H20Cl2N2O. The molecule has 5 heteroatoms. The number of hydrogen-bond acceptors (Lipinski definition) is 3. The molecular weight excluding hydrogens is 223 g/mol. The Hall–Kier alpha value is 0.460. The van der Waals surface area contributed by atoms with Gasteiger partial charge in [0.05, 0.1) is 6.10 Å². The molecule has 1 aliphatic heterocycles. The number of aliphatic hydroxyl groups excluding tert-OH is 1. The van der Waals surface area contributed by atoms with Crippen LogP contribution in [0.3, 0.4) is 0 Å². The summed E-state index contributed by atoms with van der Waals surface area (Å²) in [6.07, 6.45) is 4.73. The standard InChI is InChI=1S/C9H18N2O.2ClH/c10-7-1-3-8(4-2-7)11-5-9(12)6-11;;/h7-9,12H,1-6,10H2;2*1H/t7-,8-;;. The van der Waals surface area contributed by atoms with Gasteiger partial charge in [0.1, 0.15) is 0 Å². The molecule has 2 fully saturated rings. The summed E-state index contributed by atoms with van der Waals surface area (Å²) < 4.78 is 0. The van der Waals surface area contributed by atoms with Crippen molar-refractivity contribution in [1.29, 1.82) is 0 Å². The van der Waals surface area contributed by atoms with Crippen LogP contribution in [-0.4, -0.2) is 41.3 Å². The summed E-state index contributed by atoms with van der Waals surface area (Å²) in [6.45, 7) is 1.78. The minimum Gasteiger partial charge on any atom is -0.390 e. The molecule has 1 aliphatic carbocycles. The Balaban J connectivity index is 0.000000845. The number of hydrogen-bond donors (Lipinski definition) is 2. The van der Waals surface area contributed by atoms with Crippen molar-refractivity contribution in [2.45, 2.75) is 43.9 Å². The first-order valence-electron chi connectivity index (χ1n) is 4.93. The number of aliphatic hydroxyl groups is 1. The van der Waals surface area contributed by atoms with Crippen molar-refractivity contribution in [3.63, 3.8) is 0 Å². The van der Waals surface area contributed by atoms with Crippen LogP contribution in [0.5, 0.6) is 0 Å². The van der Waals surface area contributed by atoms with E-state index in [2.05, 4.69) is 4.90 Å².